The first-order chi connectivity index (χ1) is 4.67. The van der Waals surface area contributed by atoms with Gasteiger partial charge in [-0.25, -0.2) is 13.8 Å². The van der Waals surface area contributed by atoms with Gasteiger partial charge in [-0.1, -0.05) is 6.58 Å². The van der Waals surface area contributed by atoms with Crippen molar-refractivity contribution in [2.75, 3.05) is 13.1 Å². The van der Waals surface area contributed by atoms with Crippen LogP contribution in [0.25, 0.3) is 0 Å². The number of rotatable bonds is 2. The third kappa shape index (κ3) is 1.35. The molecule has 0 aliphatic carbocycles. The van der Waals surface area contributed by atoms with Crippen molar-refractivity contribution in [3.8, 4) is 0 Å². The smallest absolute Gasteiger partial charge is 0.242 e. The third-order valence-corrected chi connectivity index (χ3v) is 2.47. The normalized spacial score (nSPS) is 21.2. The Hall–Kier alpha value is -0.430. The zero-order valence-electron chi connectivity index (χ0n) is 5.37. The summed E-state index contributed by atoms with van der Waals surface area (Å²) in [5.74, 6) is 0. The molecule has 0 atom stereocenters. The molecule has 1 aliphatic rings. The van der Waals surface area contributed by atoms with Gasteiger partial charge in [0, 0.05) is 18.5 Å². The lowest BCUT2D eigenvalue weighted by Gasteiger charge is -2.09. The van der Waals surface area contributed by atoms with E-state index in [4.69, 9.17) is 0 Å². The van der Waals surface area contributed by atoms with Crippen LogP contribution in [0.5, 0.6) is 0 Å². The summed E-state index contributed by atoms with van der Waals surface area (Å²) in [5.41, 5.74) is 5.13. The summed E-state index contributed by atoms with van der Waals surface area (Å²) in [7, 11) is -3.27. The second kappa shape index (κ2) is 2.67. The third-order valence-electron chi connectivity index (χ3n) is 1.16. The molecule has 1 aliphatic heterocycles. The molecule has 0 aromatic rings. The highest BCUT2D eigenvalue weighted by Gasteiger charge is 2.21. The van der Waals surface area contributed by atoms with Gasteiger partial charge < -0.3 is 0 Å². The summed E-state index contributed by atoms with van der Waals surface area (Å²) < 4.78 is 22.9. The Kier molecular flexibility index (Phi) is 2.05. The van der Waals surface area contributed by atoms with Crippen molar-refractivity contribution >= 4 is 10.0 Å². The predicted octanol–water partition coefficient (Wildman–Crippen LogP) is -1.22. The van der Waals surface area contributed by atoms with E-state index < -0.39 is 10.0 Å². The number of sulfonamides is 1. The van der Waals surface area contributed by atoms with Crippen molar-refractivity contribution < 1.29 is 8.42 Å². The molecule has 0 spiro atoms. The molecule has 10 heavy (non-hydrogen) atoms. The van der Waals surface area contributed by atoms with Crippen LogP contribution in [0.15, 0.2) is 12.0 Å². The Morgan fingerprint density at radius 2 is 2.30 bits per heavy atom. The molecular formula is C4H9N3O2S. The lowest BCUT2D eigenvalue weighted by atomic mass is 10.7. The summed E-state index contributed by atoms with van der Waals surface area (Å²) in [6.07, 6.45) is 0. The highest BCUT2D eigenvalue weighted by atomic mass is 32.2. The molecule has 2 N–H and O–H groups in total. The number of hydrazine groups is 2. The average molecular weight is 163 g/mol. The largest absolute Gasteiger partial charge is 0.249 e. The van der Waals surface area contributed by atoms with E-state index in [1.165, 1.54) is 0 Å². The topological polar surface area (TPSA) is 61.4 Å². The van der Waals surface area contributed by atoms with Gasteiger partial charge in [0.2, 0.25) is 10.0 Å². The first kappa shape index (κ1) is 7.67. The van der Waals surface area contributed by atoms with Gasteiger partial charge in [0.1, 0.15) is 0 Å². The highest BCUT2D eigenvalue weighted by molar-refractivity contribution is 7.91. The Morgan fingerprint density at radius 1 is 1.60 bits per heavy atom. The number of nitrogens with zero attached hydrogens (tertiary/aromatic N) is 1. The molecule has 1 rings (SSSR count). The van der Waals surface area contributed by atoms with E-state index >= 15 is 0 Å². The molecule has 0 aromatic heterocycles. The maximum absolute atomic E-state index is 10.9. The first-order valence-electron chi connectivity index (χ1n) is 2.80. The maximum atomic E-state index is 10.9. The summed E-state index contributed by atoms with van der Waals surface area (Å²) in [6.45, 7) is 4.24. The molecule has 5 nitrogen and oxygen atoms in total. The van der Waals surface area contributed by atoms with Crippen LogP contribution >= 0.6 is 0 Å². The highest BCUT2D eigenvalue weighted by Crippen LogP contribution is 1.98. The van der Waals surface area contributed by atoms with E-state index in [2.05, 4.69) is 17.5 Å². The molecule has 0 radical (unpaired) electrons. The molecule has 0 unspecified atom stereocenters. The van der Waals surface area contributed by atoms with Crippen LogP contribution < -0.4 is 11.0 Å². The van der Waals surface area contributed by atoms with Gasteiger partial charge in [0.05, 0.1) is 0 Å². The Bertz CT molecular complexity index is 217. The van der Waals surface area contributed by atoms with E-state index in [1.807, 2.05) is 0 Å². The Morgan fingerprint density at radius 3 is 2.70 bits per heavy atom. The number of hydrogen-bond acceptors (Lipinski definition) is 4. The van der Waals surface area contributed by atoms with E-state index in [1.54, 1.807) is 0 Å². The fourth-order valence-electron chi connectivity index (χ4n) is 0.638. The summed E-state index contributed by atoms with van der Waals surface area (Å²) >= 11 is 0. The van der Waals surface area contributed by atoms with Crippen molar-refractivity contribution in [3.63, 3.8) is 0 Å². The molecule has 0 aromatic carbocycles. The summed E-state index contributed by atoms with van der Waals surface area (Å²) in [5, 5.41) is 0.910. The fraction of sp³-hybridized carbons (Fsp3) is 0.500. The minimum atomic E-state index is -3.27. The van der Waals surface area contributed by atoms with Crippen LogP contribution in [0.3, 0.4) is 0 Å². The zero-order valence-corrected chi connectivity index (χ0v) is 6.19. The van der Waals surface area contributed by atoms with Gasteiger partial charge in [0.25, 0.3) is 0 Å². The van der Waals surface area contributed by atoms with Gasteiger partial charge in [-0.15, -0.1) is 4.41 Å². The van der Waals surface area contributed by atoms with Crippen LogP contribution in [0.2, 0.25) is 0 Å². The van der Waals surface area contributed by atoms with Gasteiger partial charge in [-0.3, -0.25) is 0 Å². The van der Waals surface area contributed by atoms with Crippen LogP contribution in [-0.4, -0.2) is 25.9 Å². The van der Waals surface area contributed by atoms with Crippen molar-refractivity contribution in [3.05, 3.63) is 12.0 Å². The van der Waals surface area contributed by atoms with E-state index in [0.29, 0.717) is 13.1 Å². The average Bonchev–Trinajstić information content (AvgIpc) is 2.38. The van der Waals surface area contributed by atoms with E-state index in [-0.39, 0.29) is 0 Å². The fourth-order valence-corrected chi connectivity index (χ4v) is 1.36. The van der Waals surface area contributed by atoms with Crippen LogP contribution in [0, 0.1) is 0 Å². The van der Waals surface area contributed by atoms with Gasteiger partial charge >= 0.3 is 0 Å². The maximum Gasteiger partial charge on any atom is 0.249 e. The molecule has 0 saturated carbocycles. The number of hydrogen-bond donors (Lipinski definition) is 2. The lowest BCUT2D eigenvalue weighted by Crippen LogP contribution is -2.39. The summed E-state index contributed by atoms with van der Waals surface area (Å²) in [4.78, 5) is 0. The van der Waals surface area contributed by atoms with Crippen molar-refractivity contribution in [2.24, 2.45) is 0 Å². The van der Waals surface area contributed by atoms with Crippen molar-refractivity contribution in [1.29, 1.82) is 0 Å². The first-order valence-corrected chi connectivity index (χ1v) is 4.31. The predicted molar refractivity (Wildman–Crippen MR) is 37.0 cm³/mol. The van der Waals surface area contributed by atoms with Gasteiger partial charge in [-0.05, 0) is 0 Å². The number of nitrogens with one attached hydrogen (secondary N) is 2. The van der Waals surface area contributed by atoms with E-state index in [0.717, 1.165) is 9.82 Å². The molecule has 1 heterocycles. The molecule has 1 saturated heterocycles. The van der Waals surface area contributed by atoms with Crippen LogP contribution in [0.4, 0.5) is 0 Å². The molecular weight excluding hydrogens is 154 g/mol. The minimum absolute atomic E-state index is 0.439. The summed E-state index contributed by atoms with van der Waals surface area (Å²) in [6, 6.07) is 0. The second-order valence-electron chi connectivity index (χ2n) is 1.82. The van der Waals surface area contributed by atoms with Crippen molar-refractivity contribution in [1.82, 2.24) is 15.4 Å². The van der Waals surface area contributed by atoms with E-state index in [9.17, 15) is 8.42 Å². The second-order valence-corrected chi connectivity index (χ2v) is 3.63. The molecule has 58 valence electrons. The molecule has 0 amide bonds. The van der Waals surface area contributed by atoms with Gasteiger partial charge in [-0.2, -0.15) is 5.53 Å². The van der Waals surface area contributed by atoms with Crippen LogP contribution in [-0.2, 0) is 10.0 Å². The molecule has 0 bridgehead atoms. The standard InChI is InChI=1S/C4H9N3O2S/c1-2-10(8,9)7-4-3-5-6-7/h2,5-6H,1,3-4H2. The molecule has 6 heteroatoms. The minimum Gasteiger partial charge on any atom is -0.242 e. The SMILES string of the molecule is C=CS(=O)(=O)N1CCNN1. The Balaban J connectivity index is 2.72. The quantitative estimate of drug-likeness (QED) is 0.536. The van der Waals surface area contributed by atoms with Gasteiger partial charge in [0.15, 0.2) is 0 Å². The molecule has 1 fully saturated rings. The monoisotopic (exact) mass is 163 g/mol. The Labute approximate surface area is 59.7 Å². The van der Waals surface area contributed by atoms with Crippen LogP contribution in [0.1, 0.15) is 0 Å². The van der Waals surface area contributed by atoms with Crippen molar-refractivity contribution in [2.45, 2.75) is 0 Å². The lowest BCUT2D eigenvalue weighted by molar-refractivity contribution is 0.375. The zero-order chi connectivity index (χ0) is 7.61.